The molecule has 1 fully saturated rings. The molecule has 1 aromatic heterocycles. The van der Waals surface area contributed by atoms with Gasteiger partial charge in [0.05, 0.1) is 0 Å². The van der Waals surface area contributed by atoms with Crippen molar-refractivity contribution in [1.82, 2.24) is 4.98 Å². The van der Waals surface area contributed by atoms with Gasteiger partial charge in [0.2, 0.25) is 0 Å². The lowest BCUT2D eigenvalue weighted by Gasteiger charge is -2.09. The molecule has 3 N–H and O–H groups in total. The summed E-state index contributed by atoms with van der Waals surface area (Å²) in [7, 11) is 0. The van der Waals surface area contributed by atoms with Crippen LogP contribution in [0.15, 0.2) is 34.5 Å². The Hall–Kier alpha value is -1.53. The van der Waals surface area contributed by atoms with Crippen LogP contribution in [0.3, 0.4) is 0 Å². The molecule has 110 valence electrons. The van der Waals surface area contributed by atoms with E-state index in [1.165, 1.54) is 41.9 Å². The summed E-state index contributed by atoms with van der Waals surface area (Å²) >= 11 is 3.20. The fourth-order valence-electron chi connectivity index (χ4n) is 2.40. The molecule has 0 radical (unpaired) electrons. The molecule has 6 heteroatoms. The van der Waals surface area contributed by atoms with Gasteiger partial charge in [0.1, 0.15) is 5.69 Å². The fourth-order valence-corrected chi connectivity index (χ4v) is 4.19. The molecular weight excluding hydrogens is 302 g/mol. The smallest absolute Gasteiger partial charge is 0.275 e. The average Bonchev–Trinajstić information content (AvgIpc) is 3.12. The van der Waals surface area contributed by atoms with Crippen LogP contribution in [0.1, 0.15) is 36.2 Å². The SMILES string of the molecule is Nc1nc(C(=O)Nc2ccc(SC3CCCC3)cc2)cs1. The molecule has 4 nitrogen and oxygen atoms in total. The summed E-state index contributed by atoms with van der Waals surface area (Å²) in [5.74, 6) is -0.223. The van der Waals surface area contributed by atoms with Crippen LogP contribution in [0.2, 0.25) is 0 Å². The molecule has 21 heavy (non-hydrogen) atoms. The largest absolute Gasteiger partial charge is 0.375 e. The lowest BCUT2D eigenvalue weighted by Crippen LogP contribution is -2.12. The van der Waals surface area contributed by atoms with Crippen molar-refractivity contribution in [3.63, 3.8) is 0 Å². The van der Waals surface area contributed by atoms with E-state index in [2.05, 4.69) is 22.4 Å². The van der Waals surface area contributed by atoms with Crippen molar-refractivity contribution in [2.24, 2.45) is 0 Å². The standard InChI is InChI=1S/C15H17N3OS2/c16-15-18-13(9-20-15)14(19)17-10-5-7-12(8-6-10)21-11-3-1-2-4-11/h5-9,11H,1-4H2,(H2,16,18)(H,17,19). The van der Waals surface area contributed by atoms with E-state index in [4.69, 9.17) is 5.73 Å². The van der Waals surface area contributed by atoms with Crippen LogP contribution in [-0.4, -0.2) is 16.1 Å². The monoisotopic (exact) mass is 319 g/mol. The number of thioether (sulfide) groups is 1. The number of rotatable bonds is 4. The Kier molecular flexibility index (Phi) is 4.45. The number of nitrogen functional groups attached to an aromatic ring is 1. The van der Waals surface area contributed by atoms with Crippen molar-refractivity contribution in [2.75, 3.05) is 11.1 Å². The molecular formula is C15H17N3OS2. The number of nitrogens with one attached hydrogen (secondary N) is 1. The molecule has 0 saturated heterocycles. The Morgan fingerprint density at radius 1 is 1.29 bits per heavy atom. The number of anilines is 2. The van der Waals surface area contributed by atoms with Crippen molar-refractivity contribution < 1.29 is 4.79 Å². The second-order valence-electron chi connectivity index (χ2n) is 5.07. The van der Waals surface area contributed by atoms with Crippen molar-refractivity contribution in [2.45, 2.75) is 35.8 Å². The topological polar surface area (TPSA) is 68.0 Å². The number of thiazole rings is 1. The van der Waals surface area contributed by atoms with E-state index in [-0.39, 0.29) is 5.91 Å². The van der Waals surface area contributed by atoms with E-state index < -0.39 is 0 Å². The molecule has 1 aromatic carbocycles. The van der Waals surface area contributed by atoms with Gasteiger partial charge in [-0.1, -0.05) is 12.8 Å². The van der Waals surface area contributed by atoms with Crippen LogP contribution in [0.4, 0.5) is 10.8 Å². The zero-order chi connectivity index (χ0) is 14.7. The first-order valence-corrected chi connectivity index (χ1v) is 8.76. The maximum Gasteiger partial charge on any atom is 0.275 e. The number of benzene rings is 1. The molecule has 0 atom stereocenters. The third kappa shape index (κ3) is 3.77. The number of hydrogen-bond donors (Lipinski definition) is 2. The molecule has 1 aliphatic rings. The zero-order valence-electron chi connectivity index (χ0n) is 11.5. The Morgan fingerprint density at radius 2 is 2.00 bits per heavy atom. The van der Waals surface area contributed by atoms with E-state index in [1.807, 2.05) is 23.9 Å². The predicted octanol–water partition coefficient (Wildman–Crippen LogP) is 4.01. The van der Waals surface area contributed by atoms with Crippen LogP contribution in [0.5, 0.6) is 0 Å². The maximum absolute atomic E-state index is 12.0. The summed E-state index contributed by atoms with van der Waals surface area (Å²) in [4.78, 5) is 17.2. The first-order chi connectivity index (χ1) is 10.2. The van der Waals surface area contributed by atoms with Gasteiger partial charge >= 0.3 is 0 Å². The lowest BCUT2D eigenvalue weighted by molar-refractivity contribution is 0.102. The Balaban J connectivity index is 1.60. The maximum atomic E-state index is 12.0. The van der Waals surface area contributed by atoms with Gasteiger partial charge in [0.15, 0.2) is 5.13 Å². The zero-order valence-corrected chi connectivity index (χ0v) is 13.2. The number of nitrogens with zero attached hydrogens (tertiary/aromatic N) is 1. The predicted molar refractivity (Wildman–Crippen MR) is 89.0 cm³/mol. The summed E-state index contributed by atoms with van der Waals surface area (Å²) in [5, 5.41) is 5.65. The van der Waals surface area contributed by atoms with Crippen LogP contribution in [-0.2, 0) is 0 Å². The summed E-state index contributed by atoms with van der Waals surface area (Å²) in [5.41, 5.74) is 6.67. The van der Waals surface area contributed by atoms with Gasteiger partial charge in [-0.2, -0.15) is 0 Å². The van der Waals surface area contributed by atoms with Crippen LogP contribution in [0.25, 0.3) is 0 Å². The molecule has 2 aromatic rings. The summed E-state index contributed by atoms with van der Waals surface area (Å²) in [6.07, 6.45) is 5.33. The first kappa shape index (κ1) is 14.4. The number of amides is 1. The highest BCUT2D eigenvalue weighted by Gasteiger charge is 2.16. The van der Waals surface area contributed by atoms with Crippen LogP contribution >= 0.6 is 23.1 Å². The normalized spacial score (nSPS) is 15.2. The second-order valence-corrected chi connectivity index (χ2v) is 7.34. The first-order valence-electron chi connectivity index (χ1n) is 7.00. The summed E-state index contributed by atoms with van der Waals surface area (Å²) < 4.78 is 0. The molecule has 1 saturated carbocycles. The van der Waals surface area contributed by atoms with E-state index in [9.17, 15) is 4.79 Å². The lowest BCUT2D eigenvalue weighted by atomic mass is 10.3. The van der Waals surface area contributed by atoms with Crippen molar-refractivity contribution in [3.05, 3.63) is 35.3 Å². The van der Waals surface area contributed by atoms with Gasteiger partial charge in [0.25, 0.3) is 5.91 Å². The second kappa shape index (κ2) is 6.49. The molecule has 3 rings (SSSR count). The molecule has 0 aliphatic heterocycles. The molecule has 0 unspecified atom stereocenters. The van der Waals surface area contributed by atoms with Crippen LogP contribution in [0, 0.1) is 0 Å². The van der Waals surface area contributed by atoms with Crippen molar-refractivity contribution in [1.29, 1.82) is 0 Å². The minimum Gasteiger partial charge on any atom is -0.375 e. The number of carbonyl (C=O) groups is 1. The van der Waals surface area contributed by atoms with Gasteiger partial charge in [-0.3, -0.25) is 4.79 Å². The Bertz CT molecular complexity index is 618. The Morgan fingerprint density at radius 3 is 2.62 bits per heavy atom. The van der Waals surface area contributed by atoms with Gasteiger partial charge in [-0.05, 0) is 37.1 Å². The number of aromatic nitrogens is 1. The molecule has 0 bridgehead atoms. The van der Waals surface area contributed by atoms with E-state index in [1.54, 1.807) is 5.38 Å². The van der Waals surface area contributed by atoms with Crippen LogP contribution < -0.4 is 11.1 Å². The minimum atomic E-state index is -0.223. The van der Waals surface area contributed by atoms with E-state index >= 15 is 0 Å². The quantitative estimate of drug-likeness (QED) is 0.893. The van der Waals surface area contributed by atoms with Crippen molar-refractivity contribution in [3.8, 4) is 0 Å². The third-order valence-corrected chi connectivity index (χ3v) is 5.49. The molecule has 1 aliphatic carbocycles. The minimum absolute atomic E-state index is 0.223. The average molecular weight is 319 g/mol. The van der Waals surface area contributed by atoms with E-state index in [0.717, 1.165) is 10.9 Å². The summed E-state index contributed by atoms with van der Waals surface area (Å²) in [6.45, 7) is 0. The van der Waals surface area contributed by atoms with Crippen molar-refractivity contribution >= 4 is 39.8 Å². The fraction of sp³-hybridized carbons (Fsp3) is 0.333. The number of carbonyl (C=O) groups excluding carboxylic acids is 1. The van der Waals surface area contributed by atoms with Gasteiger partial charge in [-0.15, -0.1) is 23.1 Å². The van der Waals surface area contributed by atoms with Gasteiger partial charge < -0.3 is 11.1 Å². The van der Waals surface area contributed by atoms with E-state index in [0.29, 0.717) is 10.8 Å². The highest BCUT2D eigenvalue weighted by Crippen LogP contribution is 2.34. The highest BCUT2D eigenvalue weighted by molar-refractivity contribution is 8.00. The molecule has 0 spiro atoms. The number of nitrogens with two attached hydrogens (primary N) is 1. The van der Waals surface area contributed by atoms with Gasteiger partial charge in [-0.25, -0.2) is 4.98 Å². The third-order valence-electron chi connectivity index (χ3n) is 3.47. The van der Waals surface area contributed by atoms with Gasteiger partial charge in [0, 0.05) is 21.2 Å². The number of hydrogen-bond acceptors (Lipinski definition) is 5. The molecule has 1 heterocycles. The summed E-state index contributed by atoms with van der Waals surface area (Å²) in [6, 6.07) is 8.00. The Labute approximate surface area is 132 Å². The molecule has 1 amide bonds. The highest BCUT2D eigenvalue weighted by atomic mass is 32.2.